The van der Waals surface area contributed by atoms with Gasteiger partial charge < -0.3 is 14.8 Å². The Bertz CT molecular complexity index is 717. The van der Waals surface area contributed by atoms with Crippen LogP contribution in [0.1, 0.15) is 18.9 Å². The largest absolute Gasteiger partial charge is 0.493 e. The molecule has 1 atom stereocenters. The molecule has 1 amide bonds. The Hall–Kier alpha value is -3.02. The van der Waals surface area contributed by atoms with Gasteiger partial charge in [-0.1, -0.05) is 25.1 Å². The van der Waals surface area contributed by atoms with Gasteiger partial charge in [0.1, 0.15) is 6.04 Å². The highest BCUT2D eigenvalue weighted by Crippen LogP contribution is 2.26. The van der Waals surface area contributed by atoms with E-state index in [0.717, 1.165) is 11.3 Å². The highest BCUT2D eigenvalue weighted by molar-refractivity contribution is 5.87. The first kappa shape index (κ1) is 18.3. The van der Waals surface area contributed by atoms with Crippen LogP contribution < -0.4 is 20.2 Å². The van der Waals surface area contributed by atoms with Crippen LogP contribution in [0, 0.1) is 0 Å². The molecule has 2 aromatic carbocycles. The Morgan fingerprint density at radius 3 is 2.48 bits per heavy atom. The van der Waals surface area contributed by atoms with E-state index in [1.54, 1.807) is 32.6 Å². The van der Waals surface area contributed by atoms with E-state index < -0.39 is 0 Å². The summed E-state index contributed by atoms with van der Waals surface area (Å²) in [6.45, 7) is 1.94. The lowest BCUT2D eigenvalue weighted by atomic mass is 10.2. The molecule has 0 bridgehead atoms. The Morgan fingerprint density at radius 1 is 1.12 bits per heavy atom. The summed E-state index contributed by atoms with van der Waals surface area (Å²) in [6, 6.07) is 14.7. The van der Waals surface area contributed by atoms with Crippen molar-refractivity contribution in [2.24, 2.45) is 5.10 Å². The lowest BCUT2D eigenvalue weighted by molar-refractivity contribution is -0.121. The van der Waals surface area contributed by atoms with Crippen LogP contribution in [0.3, 0.4) is 0 Å². The number of hydrazone groups is 1. The number of nitrogens with zero attached hydrogens (tertiary/aromatic N) is 1. The molecule has 6 heteroatoms. The molecule has 132 valence electrons. The zero-order valence-electron chi connectivity index (χ0n) is 14.7. The fraction of sp³-hybridized carbons (Fsp3) is 0.263. The van der Waals surface area contributed by atoms with Crippen LogP contribution >= 0.6 is 0 Å². The number of benzene rings is 2. The third kappa shape index (κ3) is 5.24. The number of carbonyl (C=O) groups excluding carboxylic acids is 1. The molecule has 0 aliphatic carbocycles. The third-order valence-electron chi connectivity index (χ3n) is 3.64. The van der Waals surface area contributed by atoms with Crippen LogP contribution in [0.5, 0.6) is 11.5 Å². The Labute approximate surface area is 147 Å². The molecule has 0 unspecified atom stereocenters. The predicted octanol–water partition coefficient (Wildman–Crippen LogP) is 3.04. The topological polar surface area (TPSA) is 72.0 Å². The zero-order chi connectivity index (χ0) is 18.1. The number of hydrogen-bond acceptors (Lipinski definition) is 5. The highest BCUT2D eigenvalue weighted by Gasteiger charge is 2.15. The maximum Gasteiger partial charge on any atom is 0.262 e. The Morgan fingerprint density at radius 2 is 1.84 bits per heavy atom. The smallest absolute Gasteiger partial charge is 0.262 e. The van der Waals surface area contributed by atoms with Crippen LogP contribution in [-0.4, -0.2) is 32.4 Å². The second-order valence-corrected chi connectivity index (χ2v) is 5.32. The number of anilines is 1. The summed E-state index contributed by atoms with van der Waals surface area (Å²) >= 11 is 0. The molecule has 0 aliphatic heterocycles. The fourth-order valence-electron chi connectivity index (χ4n) is 2.27. The van der Waals surface area contributed by atoms with Gasteiger partial charge >= 0.3 is 0 Å². The van der Waals surface area contributed by atoms with Gasteiger partial charge in [-0.15, -0.1) is 0 Å². The van der Waals surface area contributed by atoms with E-state index in [4.69, 9.17) is 9.47 Å². The monoisotopic (exact) mass is 341 g/mol. The van der Waals surface area contributed by atoms with Gasteiger partial charge in [0.25, 0.3) is 5.91 Å². The summed E-state index contributed by atoms with van der Waals surface area (Å²) in [7, 11) is 3.15. The Balaban J connectivity index is 1.96. The molecular formula is C19H23N3O3. The lowest BCUT2D eigenvalue weighted by Crippen LogP contribution is -2.36. The van der Waals surface area contributed by atoms with Gasteiger partial charge in [-0.2, -0.15) is 5.10 Å². The maximum atomic E-state index is 12.3. The molecule has 0 radical (unpaired) electrons. The summed E-state index contributed by atoms with van der Waals surface area (Å²) in [4.78, 5) is 12.3. The lowest BCUT2D eigenvalue weighted by Gasteiger charge is -2.16. The van der Waals surface area contributed by atoms with Crippen LogP contribution in [0.4, 0.5) is 5.69 Å². The minimum atomic E-state index is -0.357. The van der Waals surface area contributed by atoms with E-state index in [2.05, 4.69) is 15.8 Å². The molecule has 25 heavy (non-hydrogen) atoms. The molecule has 0 saturated carbocycles. The molecule has 2 rings (SSSR count). The summed E-state index contributed by atoms with van der Waals surface area (Å²) < 4.78 is 10.4. The average Bonchev–Trinajstić information content (AvgIpc) is 2.66. The molecule has 0 spiro atoms. The number of methoxy groups -OCH3 is 2. The summed E-state index contributed by atoms with van der Waals surface area (Å²) in [5.41, 5.74) is 4.25. The molecule has 0 saturated heterocycles. The van der Waals surface area contributed by atoms with Gasteiger partial charge in [-0.25, -0.2) is 5.43 Å². The minimum Gasteiger partial charge on any atom is -0.493 e. The number of hydrogen-bond donors (Lipinski definition) is 2. The number of para-hydroxylation sites is 1. The predicted molar refractivity (Wildman–Crippen MR) is 99.4 cm³/mol. The summed E-state index contributed by atoms with van der Waals surface area (Å²) in [6.07, 6.45) is 2.21. The van der Waals surface area contributed by atoms with Crippen molar-refractivity contribution in [3.8, 4) is 11.5 Å². The molecule has 0 aromatic heterocycles. The van der Waals surface area contributed by atoms with Crippen molar-refractivity contribution in [3.63, 3.8) is 0 Å². The quantitative estimate of drug-likeness (QED) is 0.572. The van der Waals surface area contributed by atoms with E-state index in [9.17, 15) is 4.79 Å². The molecule has 2 N–H and O–H groups in total. The van der Waals surface area contributed by atoms with E-state index in [1.165, 1.54) is 0 Å². The summed E-state index contributed by atoms with van der Waals surface area (Å²) in [5.74, 6) is 1.06. The molecule has 0 fully saturated rings. The van der Waals surface area contributed by atoms with Crippen molar-refractivity contribution in [1.82, 2.24) is 5.43 Å². The van der Waals surface area contributed by atoms with Crippen molar-refractivity contribution in [3.05, 3.63) is 54.1 Å². The number of ether oxygens (including phenoxy) is 2. The van der Waals surface area contributed by atoms with Gasteiger partial charge in [-0.3, -0.25) is 4.79 Å². The van der Waals surface area contributed by atoms with E-state index in [0.29, 0.717) is 17.9 Å². The average molecular weight is 341 g/mol. The van der Waals surface area contributed by atoms with E-state index in [1.807, 2.05) is 43.3 Å². The normalized spacial score (nSPS) is 11.8. The first-order valence-corrected chi connectivity index (χ1v) is 8.04. The van der Waals surface area contributed by atoms with E-state index in [-0.39, 0.29) is 11.9 Å². The third-order valence-corrected chi connectivity index (χ3v) is 3.64. The van der Waals surface area contributed by atoms with Crippen molar-refractivity contribution in [2.45, 2.75) is 19.4 Å². The maximum absolute atomic E-state index is 12.3. The van der Waals surface area contributed by atoms with Crippen LogP contribution in [-0.2, 0) is 4.79 Å². The molecule has 2 aromatic rings. The number of nitrogens with one attached hydrogen (secondary N) is 2. The second-order valence-electron chi connectivity index (χ2n) is 5.32. The fourth-order valence-corrected chi connectivity index (χ4v) is 2.27. The molecular weight excluding hydrogens is 318 g/mol. The van der Waals surface area contributed by atoms with Crippen molar-refractivity contribution >= 4 is 17.8 Å². The van der Waals surface area contributed by atoms with Crippen molar-refractivity contribution in [2.75, 3.05) is 19.5 Å². The first-order valence-electron chi connectivity index (χ1n) is 8.04. The van der Waals surface area contributed by atoms with Crippen LogP contribution in [0.25, 0.3) is 0 Å². The standard InChI is InChI=1S/C19H23N3O3/c1-4-16(21-15-8-6-5-7-9-15)19(23)22-20-13-14-10-11-17(24-2)18(12-14)25-3/h5-13,16,21H,4H2,1-3H3,(H,22,23)/b20-13-/t16-/m0/s1. The van der Waals surface area contributed by atoms with Gasteiger partial charge in [-0.05, 0) is 42.3 Å². The van der Waals surface area contributed by atoms with Crippen molar-refractivity contribution < 1.29 is 14.3 Å². The van der Waals surface area contributed by atoms with Crippen LogP contribution in [0.15, 0.2) is 53.6 Å². The molecule has 0 aliphatic rings. The van der Waals surface area contributed by atoms with Gasteiger partial charge in [0.2, 0.25) is 0 Å². The first-order chi connectivity index (χ1) is 12.2. The van der Waals surface area contributed by atoms with Crippen LogP contribution in [0.2, 0.25) is 0 Å². The number of carbonyl (C=O) groups is 1. The van der Waals surface area contributed by atoms with Gasteiger partial charge in [0, 0.05) is 5.69 Å². The Kier molecular flexibility index (Phi) is 6.83. The van der Waals surface area contributed by atoms with Gasteiger partial charge in [0.05, 0.1) is 20.4 Å². The number of amides is 1. The van der Waals surface area contributed by atoms with E-state index >= 15 is 0 Å². The molecule has 0 heterocycles. The highest BCUT2D eigenvalue weighted by atomic mass is 16.5. The minimum absolute atomic E-state index is 0.192. The molecule has 6 nitrogen and oxygen atoms in total. The second kappa shape index (κ2) is 9.32. The SMILES string of the molecule is CC[C@H](Nc1ccccc1)C(=O)N/N=C\c1ccc(OC)c(OC)c1. The van der Waals surface area contributed by atoms with Gasteiger partial charge in [0.15, 0.2) is 11.5 Å². The van der Waals surface area contributed by atoms with Crippen molar-refractivity contribution in [1.29, 1.82) is 0 Å². The number of rotatable bonds is 8. The summed E-state index contributed by atoms with van der Waals surface area (Å²) in [5, 5.41) is 7.21. The zero-order valence-corrected chi connectivity index (χ0v) is 14.7.